The maximum atomic E-state index is 15.0. The average Bonchev–Trinajstić information content (AvgIpc) is 3.00. The van der Waals surface area contributed by atoms with Gasteiger partial charge < -0.3 is 19.5 Å². The van der Waals surface area contributed by atoms with Crippen molar-refractivity contribution >= 4 is 22.8 Å². The second-order valence-electron chi connectivity index (χ2n) is 9.65. The summed E-state index contributed by atoms with van der Waals surface area (Å²) >= 11 is 0. The number of rotatable bonds is 2. The number of benzene rings is 1. The molecule has 0 radical (unpaired) electrons. The fourth-order valence-electron chi connectivity index (χ4n) is 4.68. The number of aromatic nitrogens is 2. The molecule has 0 aliphatic carbocycles. The fourth-order valence-corrected chi connectivity index (χ4v) is 4.68. The summed E-state index contributed by atoms with van der Waals surface area (Å²) in [6, 6.07) is 4.80. The Labute approximate surface area is 185 Å². The maximum absolute atomic E-state index is 15.0. The van der Waals surface area contributed by atoms with E-state index in [1.54, 1.807) is 32.4 Å². The summed E-state index contributed by atoms with van der Waals surface area (Å²) in [6.07, 6.45) is -0.487. The number of carbonyl (C=O) groups excluding carboxylic acids is 1. The smallest absolute Gasteiger partial charge is 0.410 e. The number of carbonyl (C=O) groups is 1. The molecule has 176 valence electrons. The van der Waals surface area contributed by atoms with Crippen molar-refractivity contribution in [2.45, 2.75) is 44.8 Å². The monoisotopic (exact) mass is 451 g/mol. The second kappa shape index (κ2) is 8.06. The van der Waals surface area contributed by atoms with Gasteiger partial charge in [-0.25, -0.2) is 18.4 Å². The van der Waals surface area contributed by atoms with Gasteiger partial charge in [0.05, 0.1) is 29.3 Å². The summed E-state index contributed by atoms with van der Waals surface area (Å²) in [7, 11) is 1.72. The number of piperidine rings is 1. The topological polar surface area (TPSA) is 73.8 Å². The van der Waals surface area contributed by atoms with Crippen LogP contribution in [0.5, 0.6) is 0 Å². The van der Waals surface area contributed by atoms with E-state index in [2.05, 4.69) is 9.88 Å². The predicted molar refractivity (Wildman–Crippen MR) is 118 cm³/mol. The first-order chi connectivity index (χ1) is 15.0. The summed E-state index contributed by atoms with van der Waals surface area (Å²) in [5, 5.41) is 0. The number of fused-ring (bicyclic) bond motifs is 1. The first-order valence-electron chi connectivity index (χ1n) is 11.0. The Bertz CT molecular complexity index is 1050. The molecular formula is C22H31F2N5O3. The Balaban J connectivity index is 1.42. The summed E-state index contributed by atoms with van der Waals surface area (Å²) in [4.78, 5) is 32.2. The molecule has 10 heteroatoms. The van der Waals surface area contributed by atoms with Gasteiger partial charge in [0.1, 0.15) is 5.60 Å². The first kappa shape index (κ1) is 22.6. The van der Waals surface area contributed by atoms with E-state index in [1.165, 1.54) is 0 Å². The molecule has 8 nitrogen and oxygen atoms in total. The molecule has 0 saturated carbocycles. The maximum Gasteiger partial charge on any atom is 0.410 e. The molecular weight excluding hydrogens is 420 g/mol. The largest absolute Gasteiger partial charge is 0.444 e. The van der Waals surface area contributed by atoms with E-state index in [0.717, 1.165) is 21.6 Å². The minimum absolute atomic E-state index is 0.178. The first-order valence-corrected chi connectivity index (χ1v) is 11.0. The van der Waals surface area contributed by atoms with Crippen LogP contribution in [-0.2, 0) is 11.8 Å². The molecule has 2 aliphatic heterocycles. The van der Waals surface area contributed by atoms with Crippen LogP contribution in [0.4, 0.5) is 19.3 Å². The Morgan fingerprint density at radius 1 is 1.16 bits per heavy atom. The molecule has 2 aromatic rings. The van der Waals surface area contributed by atoms with Crippen molar-refractivity contribution in [3.63, 3.8) is 0 Å². The number of piperazine rings is 1. The van der Waals surface area contributed by atoms with Crippen LogP contribution in [0.15, 0.2) is 23.0 Å². The highest BCUT2D eigenvalue weighted by Crippen LogP contribution is 2.33. The summed E-state index contributed by atoms with van der Waals surface area (Å²) < 4.78 is 36.9. The Morgan fingerprint density at radius 2 is 1.84 bits per heavy atom. The van der Waals surface area contributed by atoms with Crippen molar-refractivity contribution in [2.75, 3.05) is 44.2 Å². The number of likely N-dealkylation sites (tertiary alicyclic amines) is 1. The van der Waals surface area contributed by atoms with Crippen LogP contribution in [0, 0.1) is 0 Å². The molecule has 2 aliphatic rings. The van der Waals surface area contributed by atoms with Crippen LogP contribution in [-0.4, -0.2) is 82.3 Å². The third-order valence-corrected chi connectivity index (χ3v) is 6.21. The number of hydrogen-bond acceptors (Lipinski definition) is 5. The van der Waals surface area contributed by atoms with Gasteiger partial charge in [0, 0.05) is 39.8 Å². The highest BCUT2D eigenvalue weighted by molar-refractivity contribution is 5.89. The summed E-state index contributed by atoms with van der Waals surface area (Å²) in [5.41, 5.74) is 1.61. The summed E-state index contributed by atoms with van der Waals surface area (Å²) in [5.74, 6) is -3.01. The van der Waals surface area contributed by atoms with Crippen molar-refractivity contribution < 1.29 is 18.3 Å². The molecule has 2 fully saturated rings. The number of para-hydroxylation sites is 1. The minimum atomic E-state index is -3.01. The average molecular weight is 452 g/mol. The van der Waals surface area contributed by atoms with E-state index >= 15 is 8.78 Å². The van der Waals surface area contributed by atoms with Crippen LogP contribution < -0.4 is 10.6 Å². The van der Waals surface area contributed by atoms with Gasteiger partial charge in [-0.15, -0.1) is 0 Å². The van der Waals surface area contributed by atoms with Gasteiger partial charge in [-0.1, -0.05) is 6.07 Å². The van der Waals surface area contributed by atoms with E-state index in [9.17, 15) is 9.59 Å². The van der Waals surface area contributed by atoms with Crippen LogP contribution in [0.1, 0.15) is 27.2 Å². The van der Waals surface area contributed by atoms with Crippen molar-refractivity contribution in [3.05, 3.63) is 28.7 Å². The SMILES string of the molecule is Cn1c(=O)[nH]c2cccc(N3CCN([C@@H]4CCN(C(=O)OC(C)(C)C)CC4(F)F)CC3)c21. The molecule has 1 atom stereocenters. The van der Waals surface area contributed by atoms with Crippen LogP contribution in [0.25, 0.3) is 11.0 Å². The number of aryl methyl sites for hydroxylation is 1. The van der Waals surface area contributed by atoms with E-state index in [1.807, 2.05) is 23.1 Å². The third-order valence-electron chi connectivity index (χ3n) is 6.21. The molecule has 1 amide bonds. The number of nitrogens with zero attached hydrogens (tertiary/aromatic N) is 4. The predicted octanol–water partition coefficient (Wildman–Crippen LogP) is 2.63. The van der Waals surface area contributed by atoms with Gasteiger partial charge in [0.15, 0.2) is 0 Å². The third kappa shape index (κ3) is 4.32. The number of alkyl halides is 2. The molecule has 32 heavy (non-hydrogen) atoms. The van der Waals surface area contributed by atoms with Crippen LogP contribution in [0.3, 0.4) is 0 Å². The lowest BCUT2D eigenvalue weighted by Crippen LogP contribution is -2.62. The molecule has 1 aromatic heterocycles. The number of halogens is 2. The quantitative estimate of drug-likeness (QED) is 0.760. The standard InChI is InChI=1S/C22H31F2N5O3/c1-21(2,3)32-20(31)29-9-8-17(22(23,24)14-29)28-12-10-27(11-13-28)16-7-5-6-15-18(16)26(4)19(30)25-15/h5-7,17H,8-14H2,1-4H3,(H,25,30)/t17-/m1/s1. The Morgan fingerprint density at radius 3 is 2.47 bits per heavy atom. The number of imidazole rings is 1. The van der Waals surface area contributed by atoms with E-state index in [4.69, 9.17) is 4.74 Å². The van der Waals surface area contributed by atoms with E-state index in [0.29, 0.717) is 26.2 Å². The number of H-pyrrole nitrogens is 1. The number of aromatic amines is 1. The number of ether oxygens (including phenoxy) is 1. The Hall–Kier alpha value is -2.62. The number of nitrogens with one attached hydrogen (secondary N) is 1. The normalized spacial score (nSPS) is 22.4. The molecule has 0 bridgehead atoms. The molecule has 0 unspecified atom stereocenters. The highest BCUT2D eigenvalue weighted by Gasteiger charge is 2.49. The number of hydrogen-bond donors (Lipinski definition) is 1. The highest BCUT2D eigenvalue weighted by atomic mass is 19.3. The molecule has 4 rings (SSSR count). The lowest BCUT2D eigenvalue weighted by Gasteiger charge is -2.46. The zero-order valence-corrected chi connectivity index (χ0v) is 19.0. The second-order valence-corrected chi connectivity index (χ2v) is 9.65. The van der Waals surface area contributed by atoms with Crippen molar-refractivity contribution in [1.82, 2.24) is 19.4 Å². The van der Waals surface area contributed by atoms with Gasteiger partial charge >= 0.3 is 11.8 Å². The lowest BCUT2D eigenvalue weighted by molar-refractivity contribution is -0.126. The van der Waals surface area contributed by atoms with Gasteiger partial charge in [0.2, 0.25) is 0 Å². The van der Waals surface area contributed by atoms with Crippen molar-refractivity contribution in [2.24, 2.45) is 7.05 Å². The van der Waals surface area contributed by atoms with Gasteiger partial charge in [-0.05, 0) is 39.3 Å². The van der Waals surface area contributed by atoms with Gasteiger partial charge in [-0.2, -0.15) is 0 Å². The fraction of sp³-hybridized carbons (Fsp3) is 0.636. The van der Waals surface area contributed by atoms with Crippen LogP contribution in [0.2, 0.25) is 0 Å². The van der Waals surface area contributed by atoms with Crippen molar-refractivity contribution in [3.8, 4) is 0 Å². The molecule has 2 saturated heterocycles. The van der Waals surface area contributed by atoms with Gasteiger partial charge in [0.25, 0.3) is 5.92 Å². The lowest BCUT2D eigenvalue weighted by atomic mass is 9.98. The van der Waals surface area contributed by atoms with Crippen LogP contribution >= 0.6 is 0 Å². The van der Waals surface area contributed by atoms with Crippen molar-refractivity contribution in [1.29, 1.82) is 0 Å². The molecule has 1 N–H and O–H groups in total. The van der Waals surface area contributed by atoms with Gasteiger partial charge in [-0.3, -0.25) is 9.47 Å². The van der Waals surface area contributed by atoms with E-state index in [-0.39, 0.29) is 18.7 Å². The number of anilines is 1. The zero-order valence-electron chi connectivity index (χ0n) is 19.0. The minimum Gasteiger partial charge on any atom is -0.444 e. The zero-order chi connectivity index (χ0) is 23.3. The number of amides is 1. The molecule has 0 spiro atoms. The molecule has 1 aromatic carbocycles. The molecule has 3 heterocycles. The van der Waals surface area contributed by atoms with E-state index < -0.39 is 30.2 Å². The Kier molecular flexibility index (Phi) is 5.68. The summed E-state index contributed by atoms with van der Waals surface area (Å²) in [6.45, 7) is 6.94.